The number of hydrogen-bond acceptors (Lipinski definition) is 3. The zero-order chi connectivity index (χ0) is 12.2. The normalized spacial score (nSPS) is 13.7. The summed E-state index contributed by atoms with van der Waals surface area (Å²) in [5, 5.41) is 9.40. The number of hydrogen-bond donors (Lipinski definition) is 2. The molecule has 1 heterocycles. The van der Waals surface area contributed by atoms with Gasteiger partial charge in [-0.2, -0.15) is 8.42 Å². The monoisotopic (exact) mass is 246 g/mol. The van der Waals surface area contributed by atoms with E-state index in [1.165, 1.54) is 5.56 Å². The van der Waals surface area contributed by atoms with Crippen molar-refractivity contribution in [1.82, 2.24) is 0 Å². The molecule has 1 unspecified atom stereocenters. The zero-order valence-corrected chi connectivity index (χ0v) is 9.89. The van der Waals surface area contributed by atoms with Crippen LogP contribution in [-0.2, 0) is 23.1 Å². The summed E-state index contributed by atoms with van der Waals surface area (Å²) in [5.41, 5.74) is 1.17. The second-order valence-corrected chi connectivity index (χ2v) is 5.16. The van der Waals surface area contributed by atoms with Crippen LogP contribution in [0.5, 0.6) is 0 Å². The average molecular weight is 246 g/mol. The average Bonchev–Trinajstić information content (AvgIpc) is 2.16. The molecule has 1 aromatic heterocycles. The third-order valence-corrected chi connectivity index (χ3v) is 3.00. The molecule has 0 aromatic carbocycles. The molecule has 0 spiro atoms. The highest BCUT2D eigenvalue weighted by Gasteiger charge is 2.17. The second-order valence-electron chi connectivity index (χ2n) is 3.66. The first-order valence-corrected chi connectivity index (χ1v) is 6.63. The van der Waals surface area contributed by atoms with Crippen molar-refractivity contribution in [3.05, 3.63) is 30.1 Å². The van der Waals surface area contributed by atoms with Gasteiger partial charge in [0.15, 0.2) is 18.9 Å². The summed E-state index contributed by atoms with van der Waals surface area (Å²) in [4.78, 5) is 0. The minimum absolute atomic E-state index is 0.143. The van der Waals surface area contributed by atoms with Crippen molar-refractivity contribution in [2.24, 2.45) is 0 Å². The first-order valence-electron chi connectivity index (χ1n) is 5.02. The Labute approximate surface area is 95.1 Å². The zero-order valence-electron chi connectivity index (χ0n) is 9.07. The summed E-state index contributed by atoms with van der Waals surface area (Å²) in [7, 11) is -4.12. The van der Waals surface area contributed by atoms with Crippen LogP contribution in [0.15, 0.2) is 24.5 Å². The van der Waals surface area contributed by atoms with Gasteiger partial charge in [0.1, 0.15) is 11.9 Å². The van der Waals surface area contributed by atoms with Crippen LogP contribution >= 0.6 is 0 Å². The highest BCUT2D eigenvalue weighted by Crippen LogP contribution is 1.96. The Balaban J connectivity index is 2.59. The second kappa shape index (κ2) is 5.38. The SMILES string of the molecule is CCc1cc[n+](CC(O)CS(=O)(=O)O)cc1. The molecule has 5 nitrogen and oxygen atoms in total. The number of pyridine rings is 1. The molecule has 16 heavy (non-hydrogen) atoms. The first kappa shape index (κ1) is 13.1. The molecular formula is C10H16NO4S+. The maximum Gasteiger partial charge on any atom is 0.267 e. The highest BCUT2D eigenvalue weighted by atomic mass is 32.2. The van der Waals surface area contributed by atoms with E-state index >= 15 is 0 Å². The van der Waals surface area contributed by atoms with Gasteiger partial charge in [-0.1, -0.05) is 6.92 Å². The van der Waals surface area contributed by atoms with Crippen LogP contribution in [0, 0.1) is 0 Å². The molecule has 1 rings (SSSR count). The van der Waals surface area contributed by atoms with E-state index in [4.69, 9.17) is 4.55 Å². The van der Waals surface area contributed by atoms with Gasteiger partial charge in [-0.25, -0.2) is 4.57 Å². The van der Waals surface area contributed by atoms with Gasteiger partial charge < -0.3 is 5.11 Å². The molecule has 0 saturated carbocycles. The minimum atomic E-state index is -4.12. The Morgan fingerprint density at radius 1 is 1.38 bits per heavy atom. The molecule has 2 N–H and O–H groups in total. The number of aliphatic hydroxyl groups is 1. The Kier molecular flexibility index (Phi) is 4.40. The van der Waals surface area contributed by atoms with Crippen LogP contribution in [0.4, 0.5) is 0 Å². The van der Waals surface area contributed by atoms with Crippen molar-refractivity contribution in [3.8, 4) is 0 Å². The molecule has 0 aliphatic rings. The van der Waals surface area contributed by atoms with Gasteiger partial charge in [-0.05, 0) is 12.0 Å². The Hall–Kier alpha value is -0.980. The molecule has 0 fully saturated rings. The van der Waals surface area contributed by atoms with Crippen molar-refractivity contribution < 1.29 is 22.6 Å². The van der Waals surface area contributed by atoms with Crippen molar-refractivity contribution in [2.45, 2.75) is 26.0 Å². The molecule has 0 bridgehead atoms. The third kappa shape index (κ3) is 4.69. The third-order valence-electron chi connectivity index (χ3n) is 2.19. The van der Waals surface area contributed by atoms with Crippen LogP contribution in [0.2, 0.25) is 0 Å². The fourth-order valence-corrected chi connectivity index (χ4v) is 1.98. The van der Waals surface area contributed by atoms with Crippen molar-refractivity contribution >= 4 is 10.1 Å². The fraction of sp³-hybridized carbons (Fsp3) is 0.500. The predicted molar refractivity (Wildman–Crippen MR) is 58.4 cm³/mol. The van der Waals surface area contributed by atoms with Crippen LogP contribution in [0.3, 0.4) is 0 Å². The van der Waals surface area contributed by atoms with Crippen LogP contribution in [0.25, 0.3) is 0 Å². The molecule has 6 heteroatoms. The molecule has 0 amide bonds. The van der Waals surface area contributed by atoms with Gasteiger partial charge >= 0.3 is 0 Å². The summed E-state index contributed by atoms with van der Waals surface area (Å²) in [6, 6.07) is 3.81. The number of nitrogens with zero attached hydrogens (tertiary/aromatic N) is 1. The molecule has 0 radical (unpaired) electrons. The summed E-state index contributed by atoms with van der Waals surface area (Å²) < 4.78 is 31.3. The van der Waals surface area contributed by atoms with Gasteiger partial charge in [0.2, 0.25) is 0 Å². The Bertz CT molecular complexity index is 427. The van der Waals surface area contributed by atoms with Crippen LogP contribution in [-0.4, -0.2) is 29.9 Å². The number of aryl methyl sites for hydroxylation is 1. The lowest BCUT2D eigenvalue weighted by atomic mass is 10.2. The van der Waals surface area contributed by atoms with E-state index in [1.807, 2.05) is 19.1 Å². The summed E-state index contributed by atoms with van der Waals surface area (Å²) in [5.74, 6) is -0.643. The highest BCUT2D eigenvalue weighted by molar-refractivity contribution is 7.85. The van der Waals surface area contributed by atoms with Crippen LogP contribution in [0.1, 0.15) is 12.5 Å². The van der Waals surface area contributed by atoms with E-state index in [-0.39, 0.29) is 6.54 Å². The molecule has 90 valence electrons. The topological polar surface area (TPSA) is 78.5 Å². The van der Waals surface area contributed by atoms with E-state index in [0.29, 0.717) is 0 Å². The van der Waals surface area contributed by atoms with Crippen molar-refractivity contribution in [2.75, 3.05) is 5.75 Å². The molecule has 0 aliphatic heterocycles. The van der Waals surface area contributed by atoms with Gasteiger partial charge in [0.25, 0.3) is 10.1 Å². The number of aromatic nitrogens is 1. The van der Waals surface area contributed by atoms with Gasteiger partial charge in [0, 0.05) is 12.1 Å². The molecule has 0 aliphatic carbocycles. The quantitative estimate of drug-likeness (QED) is 0.556. The van der Waals surface area contributed by atoms with E-state index < -0.39 is 22.0 Å². The Morgan fingerprint density at radius 2 is 1.94 bits per heavy atom. The van der Waals surface area contributed by atoms with Crippen molar-refractivity contribution in [1.29, 1.82) is 0 Å². The number of rotatable bonds is 5. The van der Waals surface area contributed by atoms with Crippen molar-refractivity contribution in [3.63, 3.8) is 0 Å². The Morgan fingerprint density at radius 3 is 2.38 bits per heavy atom. The van der Waals surface area contributed by atoms with Crippen LogP contribution < -0.4 is 4.57 Å². The van der Waals surface area contributed by atoms with E-state index in [2.05, 4.69) is 0 Å². The molecule has 1 atom stereocenters. The minimum Gasteiger partial charge on any atom is -0.385 e. The number of aliphatic hydroxyl groups excluding tert-OH is 1. The standard InChI is InChI=1S/C10H15NO4S/c1-2-9-3-5-11(6-4-9)7-10(12)8-16(13,14)15/h3-6,10,12H,2,7-8H2,1H3/p+1. The van der Waals surface area contributed by atoms with E-state index in [0.717, 1.165) is 6.42 Å². The smallest absolute Gasteiger partial charge is 0.267 e. The predicted octanol–water partition coefficient (Wildman–Crippen LogP) is -0.215. The summed E-state index contributed by atoms with van der Waals surface area (Å²) >= 11 is 0. The van der Waals surface area contributed by atoms with E-state index in [9.17, 15) is 13.5 Å². The lowest BCUT2D eigenvalue weighted by Gasteiger charge is -2.04. The first-order chi connectivity index (χ1) is 7.40. The lowest BCUT2D eigenvalue weighted by Crippen LogP contribution is -2.41. The lowest BCUT2D eigenvalue weighted by molar-refractivity contribution is -0.703. The van der Waals surface area contributed by atoms with Gasteiger partial charge in [-0.3, -0.25) is 4.55 Å². The van der Waals surface area contributed by atoms with Gasteiger partial charge in [0.05, 0.1) is 0 Å². The van der Waals surface area contributed by atoms with Gasteiger partial charge in [-0.15, -0.1) is 0 Å². The fourth-order valence-electron chi connectivity index (χ4n) is 1.38. The largest absolute Gasteiger partial charge is 0.385 e. The molecule has 0 saturated heterocycles. The molecule has 1 aromatic rings. The summed E-state index contributed by atoms with van der Waals surface area (Å²) in [6.07, 6.45) is 3.36. The van der Waals surface area contributed by atoms with E-state index in [1.54, 1.807) is 17.0 Å². The maximum absolute atomic E-state index is 10.5. The maximum atomic E-state index is 10.5. The molecular weight excluding hydrogens is 230 g/mol. The summed E-state index contributed by atoms with van der Waals surface area (Å²) in [6.45, 7) is 2.18.